The normalized spacial score (nSPS) is 15.6. The van der Waals surface area contributed by atoms with Gasteiger partial charge in [0, 0.05) is 25.1 Å². The predicted octanol–water partition coefficient (Wildman–Crippen LogP) is 2.91. The summed E-state index contributed by atoms with van der Waals surface area (Å²) in [6.45, 7) is 0.831. The molecule has 5 heteroatoms. The average molecular weight is 255 g/mol. The van der Waals surface area contributed by atoms with E-state index in [1.807, 2.05) is 0 Å². The molecule has 3 nitrogen and oxygen atoms in total. The van der Waals surface area contributed by atoms with Gasteiger partial charge in [-0.15, -0.1) is 0 Å². The monoisotopic (exact) mass is 254 g/mol. The summed E-state index contributed by atoms with van der Waals surface area (Å²) in [6.07, 6.45) is 3.21. The quantitative estimate of drug-likeness (QED) is 0.912. The molecule has 1 saturated carbocycles. The fraction of sp³-hybridized carbons (Fsp3) is 0.417. The molecule has 1 aromatic heterocycles. The molecule has 0 radical (unpaired) electrons. The van der Waals surface area contributed by atoms with Gasteiger partial charge in [0.15, 0.2) is 11.5 Å². The highest BCUT2D eigenvalue weighted by Crippen LogP contribution is 2.26. The maximum Gasteiger partial charge on any atom is 0.196 e. The molecule has 90 valence electrons. The molecule has 1 N–H and O–H groups in total. The minimum atomic E-state index is -0.390. The molecule has 0 aliphatic heterocycles. The molecule has 2 aromatic rings. The van der Waals surface area contributed by atoms with E-state index >= 15 is 0 Å². The van der Waals surface area contributed by atoms with Crippen LogP contribution >= 0.6 is 11.6 Å². The lowest BCUT2D eigenvalue weighted by Crippen LogP contribution is -2.19. The van der Waals surface area contributed by atoms with Crippen molar-refractivity contribution in [2.75, 3.05) is 6.54 Å². The van der Waals surface area contributed by atoms with Crippen molar-refractivity contribution in [1.82, 2.24) is 10.3 Å². The third kappa shape index (κ3) is 2.42. The van der Waals surface area contributed by atoms with Crippen LogP contribution in [0, 0.1) is 5.82 Å². The molecule has 0 atom stereocenters. The van der Waals surface area contributed by atoms with E-state index in [2.05, 4.69) is 10.3 Å². The number of oxazole rings is 1. The lowest BCUT2D eigenvalue weighted by molar-refractivity contribution is 0.514. The van der Waals surface area contributed by atoms with E-state index in [0.717, 1.165) is 6.54 Å². The summed E-state index contributed by atoms with van der Waals surface area (Å²) < 4.78 is 18.6. The van der Waals surface area contributed by atoms with Crippen LogP contribution in [-0.2, 0) is 6.42 Å². The second-order valence-electron chi connectivity index (χ2n) is 4.32. The second kappa shape index (κ2) is 4.27. The van der Waals surface area contributed by atoms with E-state index in [4.69, 9.17) is 16.0 Å². The number of hydrogen-bond donors (Lipinski definition) is 1. The van der Waals surface area contributed by atoms with E-state index in [9.17, 15) is 4.39 Å². The van der Waals surface area contributed by atoms with Crippen LogP contribution in [0.15, 0.2) is 16.5 Å². The van der Waals surface area contributed by atoms with Gasteiger partial charge in [-0.25, -0.2) is 9.37 Å². The molecule has 1 fully saturated rings. The van der Waals surface area contributed by atoms with Gasteiger partial charge in [0.1, 0.15) is 11.3 Å². The minimum Gasteiger partial charge on any atom is -0.439 e. The van der Waals surface area contributed by atoms with Crippen LogP contribution in [0.1, 0.15) is 18.7 Å². The van der Waals surface area contributed by atoms with Crippen LogP contribution in [0.5, 0.6) is 0 Å². The van der Waals surface area contributed by atoms with Crippen molar-refractivity contribution in [3.05, 3.63) is 28.9 Å². The highest BCUT2D eigenvalue weighted by Gasteiger charge is 2.20. The van der Waals surface area contributed by atoms with E-state index in [1.165, 1.54) is 25.0 Å². The van der Waals surface area contributed by atoms with E-state index in [-0.39, 0.29) is 5.02 Å². The summed E-state index contributed by atoms with van der Waals surface area (Å²) in [7, 11) is 0. The molecule has 0 unspecified atom stereocenters. The number of nitrogens with one attached hydrogen (secondary N) is 1. The fourth-order valence-electron chi connectivity index (χ4n) is 1.78. The Kier molecular flexibility index (Phi) is 2.76. The van der Waals surface area contributed by atoms with Crippen molar-refractivity contribution in [3.63, 3.8) is 0 Å². The molecule has 1 heterocycles. The van der Waals surface area contributed by atoms with Gasteiger partial charge in [-0.3, -0.25) is 0 Å². The van der Waals surface area contributed by atoms with Crippen LogP contribution in [-0.4, -0.2) is 17.6 Å². The minimum absolute atomic E-state index is 0.272. The van der Waals surface area contributed by atoms with Crippen LogP contribution in [0.3, 0.4) is 0 Å². The van der Waals surface area contributed by atoms with Crippen LogP contribution in [0.4, 0.5) is 4.39 Å². The summed E-state index contributed by atoms with van der Waals surface area (Å²) in [5.41, 5.74) is 0.950. The maximum atomic E-state index is 13.1. The molecular formula is C12H12ClFN2O. The number of nitrogens with zero attached hydrogens (tertiary/aromatic N) is 1. The molecule has 0 bridgehead atoms. The van der Waals surface area contributed by atoms with E-state index < -0.39 is 5.82 Å². The molecule has 17 heavy (non-hydrogen) atoms. The van der Waals surface area contributed by atoms with Gasteiger partial charge in [0.05, 0.1) is 5.02 Å². The molecule has 1 aliphatic carbocycles. The van der Waals surface area contributed by atoms with Crippen molar-refractivity contribution in [1.29, 1.82) is 0 Å². The standard InChI is InChI=1S/C12H12ClFN2O/c13-9-5-7(14)6-10-12(9)17-11(16-10)3-4-15-8-1-2-8/h5-6,8,15H,1-4H2. The van der Waals surface area contributed by atoms with E-state index in [1.54, 1.807) is 0 Å². The number of aromatic nitrogens is 1. The molecule has 0 amide bonds. The van der Waals surface area contributed by atoms with Gasteiger partial charge in [0.2, 0.25) is 0 Å². The zero-order chi connectivity index (χ0) is 11.8. The Balaban J connectivity index is 1.77. The number of rotatable bonds is 4. The van der Waals surface area contributed by atoms with Gasteiger partial charge in [-0.05, 0) is 18.9 Å². The first-order valence-electron chi connectivity index (χ1n) is 5.70. The SMILES string of the molecule is Fc1cc(Cl)c2oc(CCNC3CC3)nc2c1. The van der Waals surface area contributed by atoms with Gasteiger partial charge < -0.3 is 9.73 Å². The fourth-order valence-corrected chi connectivity index (χ4v) is 2.02. The largest absolute Gasteiger partial charge is 0.439 e. The third-order valence-electron chi connectivity index (χ3n) is 2.80. The Hall–Kier alpha value is -1.13. The van der Waals surface area contributed by atoms with Crippen molar-refractivity contribution < 1.29 is 8.81 Å². The summed E-state index contributed by atoms with van der Waals surface area (Å²) in [5.74, 6) is 0.208. The topological polar surface area (TPSA) is 38.1 Å². The zero-order valence-corrected chi connectivity index (χ0v) is 9.93. The van der Waals surface area contributed by atoms with Crippen molar-refractivity contribution >= 4 is 22.7 Å². The molecule has 0 spiro atoms. The second-order valence-corrected chi connectivity index (χ2v) is 4.73. The Morgan fingerprint density at radius 1 is 1.47 bits per heavy atom. The summed E-state index contributed by atoms with van der Waals surface area (Å²) >= 11 is 5.88. The highest BCUT2D eigenvalue weighted by molar-refractivity contribution is 6.34. The smallest absolute Gasteiger partial charge is 0.196 e. The first-order chi connectivity index (χ1) is 8.22. The van der Waals surface area contributed by atoms with Gasteiger partial charge in [-0.2, -0.15) is 0 Å². The molecule has 1 aromatic carbocycles. The van der Waals surface area contributed by atoms with E-state index in [0.29, 0.717) is 29.5 Å². The first kappa shape index (κ1) is 11.0. The maximum absolute atomic E-state index is 13.1. The van der Waals surface area contributed by atoms with Gasteiger partial charge in [-0.1, -0.05) is 11.6 Å². The van der Waals surface area contributed by atoms with Crippen molar-refractivity contribution in [2.24, 2.45) is 0 Å². The zero-order valence-electron chi connectivity index (χ0n) is 9.17. The number of benzene rings is 1. The van der Waals surface area contributed by atoms with Crippen LogP contribution in [0.25, 0.3) is 11.1 Å². The molecular weight excluding hydrogens is 243 g/mol. The van der Waals surface area contributed by atoms with Crippen molar-refractivity contribution in [3.8, 4) is 0 Å². The Bertz CT molecular complexity index is 551. The van der Waals surface area contributed by atoms with Gasteiger partial charge in [0.25, 0.3) is 0 Å². The lowest BCUT2D eigenvalue weighted by atomic mass is 10.3. The summed E-state index contributed by atoms with van der Waals surface area (Å²) in [6, 6.07) is 3.24. The lowest BCUT2D eigenvalue weighted by Gasteiger charge is -1.97. The number of fused-ring (bicyclic) bond motifs is 1. The summed E-state index contributed by atoms with van der Waals surface area (Å²) in [5, 5.41) is 3.64. The number of hydrogen-bond acceptors (Lipinski definition) is 3. The number of halogens is 2. The average Bonchev–Trinajstić information content (AvgIpc) is 2.98. The van der Waals surface area contributed by atoms with Crippen LogP contribution in [0.2, 0.25) is 5.02 Å². The third-order valence-corrected chi connectivity index (χ3v) is 3.08. The van der Waals surface area contributed by atoms with Crippen molar-refractivity contribution in [2.45, 2.75) is 25.3 Å². The predicted molar refractivity (Wildman–Crippen MR) is 63.7 cm³/mol. The molecule has 0 saturated heterocycles. The first-order valence-corrected chi connectivity index (χ1v) is 6.08. The Labute approximate surface area is 103 Å². The highest BCUT2D eigenvalue weighted by atomic mass is 35.5. The molecule has 1 aliphatic rings. The Morgan fingerprint density at radius 2 is 2.29 bits per heavy atom. The van der Waals surface area contributed by atoms with Gasteiger partial charge >= 0.3 is 0 Å². The van der Waals surface area contributed by atoms with Crippen LogP contribution < -0.4 is 5.32 Å². The summed E-state index contributed by atoms with van der Waals surface area (Å²) in [4.78, 5) is 4.22. The molecule has 3 rings (SSSR count). The Morgan fingerprint density at radius 3 is 3.06 bits per heavy atom.